The number of primary amides is 1. The fraction of sp³-hybridized carbons (Fsp3) is 0.290. The predicted molar refractivity (Wildman–Crippen MR) is 157 cm³/mol. The second-order valence-electron chi connectivity index (χ2n) is 11.0. The van der Waals surface area contributed by atoms with Gasteiger partial charge in [-0.2, -0.15) is 0 Å². The number of hydrogen-bond donors (Lipinski definition) is 3. The van der Waals surface area contributed by atoms with E-state index in [1.807, 2.05) is 6.07 Å². The number of nitrogens with zero attached hydrogens (tertiary/aromatic N) is 4. The van der Waals surface area contributed by atoms with E-state index >= 15 is 4.39 Å². The van der Waals surface area contributed by atoms with Crippen LogP contribution >= 0.6 is 0 Å². The van der Waals surface area contributed by atoms with E-state index < -0.39 is 41.4 Å². The fourth-order valence-corrected chi connectivity index (χ4v) is 5.80. The molecule has 3 aromatic rings. The first kappa shape index (κ1) is 28.9. The number of carbonyl (C=O) groups is 5. The highest BCUT2D eigenvalue weighted by Gasteiger charge is 2.45. The van der Waals surface area contributed by atoms with Crippen molar-refractivity contribution in [3.05, 3.63) is 88.4 Å². The number of hydrogen-bond acceptors (Lipinski definition) is 9. The maximum atomic E-state index is 15.2. The molecule has 3 aliphatic rings. The Labute approximate surface area is 252 Å². The van der Waals surface area contributed by atoms with Crippen LogP contribution in [0.25, 0.3) is 0 Å². The van der Waals surface area contributed by atoms with Crippen molar-refractivity contribution in [1.29, 1.82) is 0 Å². The van der Waals surface area contributed by atoms with E-state index in [4.69, 9.17) is 5.73 Å². The molecular formula is C31H30FN7O5. The van der Waals surface area contributed by atoms with E-state index in [-0.39, 0.29) is 30.5 Å². The largest absolute Gasteiger partial charge is 0.380 e. The highest BCUT2D eigenvalue weighted by Crippen LogP contribution is 2.32. The lowest BCUT2D eigenvalue weighted by molar-refractivity contribution is -0.136. The Bertz CT molecular complexity index is 1670. The van der Waals surface area contributed by atoms with Gasteiger partial charge in [0.2, 0.25) is 17.7 Å². The average Bonchev–Trinajstić information content (AvgIpc) is 3.27. The summed E-state index contributed by atoms with van der Waals surface area (Å²) >= 11 is 0. The van der Waals surface area contributed by atoms with Gasteiger partial charge in [0.25, 0.3) is 11.8 Å². The normalized spacial score (nSPS) is 18.8. The molecule has 0 bridgehead atoms. The van der Waals surface area contributed by atoms with Crippen LogP contribution in [0, 0.1) is 5.82 Å². The molecule has 5 amide bonds. The summed E-state index contributed by atoms with van der Waals surface area (Å²) in [6.45, 7) is 3.62. The highest BCUT2D eigenvalue weighted by atomic mass is 19.1. The summed E-state index contributed by atoms with van der Waals surface area (Å²) in [6.07, 6.45) is 1.57. The molecule has 1 aromatic heterocycles. The Kier molecular flexibility index (Phi) is 7.78. The number of amides is 5. The number of fused-ring (bicyclic) bond motifs is 1. The van der Waals surface area contributed by atoms with Crippen LogP contribution in [0.3, 0.4) is 0 Å². The van der Waals surface area contributed by atoms with Crippen molar-refractivity contribution in [3.8, 4) is 0 Å². The molecule has 2 aromatic carbocycles. The van der Waals surface area contributed by atoms with Gasteiger partial charge in [-0.3, -0.25) is 39.1 Å². The molecule has 0 spiro atoms. The van der Waals surface area contributed by atoms with Crippen LogP contribution in [-0.4, -0.2) is 76.5 Å². The van der Waals surface area contributed by atoms with Crippen LogP contribution in [0.15, 0.2) is 54.7 Å². The van der Waals surface area contributed by atoms with Gasteiger partial charge in [-0.05, 0) is 42.3 Å². The number of aromatic nitrogens is 1. The second kappa shape index (κ2) is 11.8. The number of imide groups is 2. The van der Waals surface area contributed by atoms with Gasteiger partial charge < -0.3 is 16.0 Å². The maximum absolute atomic E-state index is 15.2. The number of pyridine rings is 1. The summed E-state index contributed by atoms with van der Waals surface area (Å²) < 4.78 is 15.2. The first-order valence-electron chi connectivity index (χ1n) is 14.3. The number of benzene rings is 2. The minimum Gasteiger partial charge on any atom is -0.380 e. The lowest BCUT2D eigenvalue weighted by atomic mass is 10.0. The van der Waals surface area contributed by atoms with Crippen molar-refractivity contribution < 1.29 is 28.4 Å². The molecule has 4 N–H and O–H groups in total. The standard InChI is InChI=1S/C31H30FN7O5/c32-22-14-18(17-37-10-12-38(13-11-37)25-8-6-20(16-35-25)28(33)41)4-5-19(22)15-34-23-3-1-2-21-27(23)31(44)39(30(21)43)24-7-9-26(40)36-29(24)42/h1-6,8,14,16,24,34H,7,9-13,15,17H2,(H2,33,41)(H,36,40,42)/t24-/m1/s1. The number of piperazine rings is 1. The zero-order chi connectivity index (χ0) is 31.0. The number of rotatable bonds is 8. The van der Waals surface area contributed by atoms with E-state index in [0.29, 0.717) is 23.4 Å². The summed E-state index contributed by atoms with van der Waals surface area (Å²) in [5.74, 6) is -2.49. The second-order valence-corrected chi connectivity index (χ2v) is 11.0. The van der Waals surface area contributed by atoms with Crippen molar-refractivity contribution in [1.82, 2.24) is 20.1 Å². The molecule has 3 aliphatic heterocycles. The van der Waals surface area contributed by atoms with Crippen molar-refractivity contribution in [2.24, 2.45) is 5.73 Å². The first-order valence-corrected chi connectivity index (χ1v) is 14.3. The van der Waals surface area contributed by atoms with E-state index in [2.05, 4.69) is 25.4 Å². The van der Waals surface area contributed by atoms with E-state index in [0.717, 1.165) is 42.5 Å². The summed E-state index contributed by atoms with van der Waals surface area (Å²) in [5, 5.41) is 5.27. The van der Waals surface area contributed by atoms with Crippen molar-refractivity contribution >= 4 is 41.0 Å². The molecule has 0 radical (unpaired) electrons. The smallest absolute Gasteiger partial charge is 0.264 e. The third kappa shape index (κ3) is 5.61. The molecule has 1 atom stereocenters. The van der Waals surface area contributed by atoms with E-state index in [1.165, 1.54) is 18.3 Å². The Balaban J connectivity index is 1.06. The lowest BCUT2D eigenvalue weighted by Crippen LogP contribution is -2.54. The number of halogens is 1. The summed E-state index contributed by atoms with van der Waals surface area (Å²) in [5.41, 5.74) is 7.49. The minimum atomic E-state index is -1.06. The third-order valence-corrected chi connectivity index (χ3v) is 8.19. The quantitative estimate of drug-likeness (QED) is 0.328. The molecule has 12 nitrogen and oxygen atoms in total. The molecule has 4 heterocycles. The summed E-state index contributed by atoms with van der Waals surface area (Å²) in [4.78, 5) is 71.2. The Morgan fingerprint density at radius 2 is 1.82 bits per heavy atom. The van der Waals surface area contributed by atoms with Gasteiger partial charge in [0, 0.05) is 63.1 Å². The highest BCUT2D eigenvalue weighted by molar-refractivity contribution is 6.25. The van der Waals surface area contributed by atoms with Crippen LogP contribution in [0.4, 0.5) is 15.9 Å². The van der Waals surface area contributed by atoms with Crippen LogP contribution < -0.4 is 21.3 Å². The molecule has 2 saturated heterocycles. The minimum absolute atomic E-state index is 0.0337. The van der Waals surface area contributed by atoms with Crippen molar-refractivity contribution in [3.63, 3.8) is 0 Å². The van der Waals surface area contributed by atoms with Crippen LogP contribution in [-0.2, 0) is 22.7 Å². The predicted octanol–water partition coefficient (Wildman–Crippen LogP) is 1.66. The van der Waals surface area contributed by atoms with Crippen LogP contribution in [0.1, 0.15) is 55.0 Å². The summed E-state index contributed by atoms with van der Waals surface area (Å²) in [6, 6.07) is 12.2. The van der Waals surface area contributed by atoms with Gasteiger partial charge in [-0.25, -0.2) is 9.37 Å². The van der Waals surface area contributed by atoms with Crippen LogP contribution in [0.5, 0.6) is 0 Å². The van der Waals surface area contributed by atoms with Gasteiger partial charge in [0.1, 0.15) is 17.7 Å². The van der Waals surface area contributed by atoms with Gasteiger partial charge in [-0.15, -0.1) is 0 Å². The number of carbonyl (C=O) groups excluding carboxylic acids is 5. The van der Waals surface area contributed by atoms with Gasteiger partial charge in [0.15, 0.2) is 0 Å². The number of nitrogens with two attached hydrogens (primary N) is 1. The molecule has 44 heavy (non-hydrogen) atoms. The van der Waals surface area contributed by atoms with E-state index in [1.54, 1.807) is 30.3 Å². The van der Waals surface area contributed by atoms with Crippen molar-refractivity contribution in [2.75, 3.05) is 36.4 Å². The zero-order valence-electron chi connectivity index (χ0n) is 23.7. The lowest BCUT2D eigenvalue weighted by Gasteiger charge is -2.35. The fourth-order valence-electron chi connectivity index (χ4n) is 5.80. The Morgan fingerprint density at radius 3 is 2.50 bits per heavy atom. The Hall–Kier alpha value is -5.17. The number of piperidine rings is 1. The molecule has 13 heteroatoms. The SMILES string of the molecule is NC(=O)c1ccc(N2CCN(Cc3ccc(CNc4cccc5c4C(=O)N([C@@H]4CCC(=O)NC4=O)C5=O)c(F)c3)CC2)nc1. The maximum Gasteiger partial charge on any atom is 0.264 e. The molecule has 226 valence electrons. The zero-order valence-corrected chi connectivity index (χ0v) is 23.7. The molecule has 2 fully saturated rings. The summed E-state index contributed by atoms with van der Waals surface area (Å²) in [7, 11) is 0. The van der Waals surface area contributed by atoms with Gasteiger partial charge >= 0.3 is 0 Å². The monoisotopic (exact) mass is 599 g/mol. The average molecular weight is 600 g/mol. The molecular weight excluding hydrogens is 569 g/mol. The molecule has 0 saturated carbocycles. The molecule has 0 aliphatic carbocycles. The topological polar surface area (TPSA) is 158 Å². The molecule has 6 rings (SSSR count). The van der Waals surface area contributed by atoms with E-state index in [9.17, 15) is 24.0 Å². The van der Waals surface area contributed by atoms with Gasteiger partial charge in [0.05, 0.1) is 16.7 Å². The first-order chi connectivity index (χ1) is 21.2. The third-order valence-electron chi connectivity index (χ3n) is 8.19. The Morgan fingerprint density at radius 1 is 1.02 bits per heavy atom. The van der Waals surface area contributed by atoms with Crippen LogP contribution in [0.2, 0.25) is 0 Å². The molecule has 0 unspecified atom stereocenters. The number of nitrogens with one attached hydrogen (secondary N) is 2. The number of anilines is 2. The van der Waals surface area contributed by atoms with Crippen molar-refractivity contribution in [2.45, 2.75) is 32.0 Å². The van der Waals surface area contributed by atoms with Gasteiger partial charge in [-0.1, -0.05) is 18.2 Å².